The van der Waals surface area contributed by atoms with Crippen LogP contribution in [0.2, 0.25) is 0 Å². The summed E-state index contributed by atoms with van der Waals surface area (Å²) < 4.78 is 16.7. The Kier molecular flexibility index (Phi) is 8.67. The van der Waals surface area contributed by atoms with E-state index in [4.69, 9.17) is 21.4 Å². The number of carboxylic acid groups (broad SMARTS) is 1. The predicted molar refractivity (Wildman–Crippen MR) is 84.0 cm³/mol. The summed E-state index contributed by atoms with van der Waals surface area (Å²) in [5.41, 5.74) is 0.378. The minimum absolute atomic E-state index is 0.0427. The quantitative estimate of drug-likeness (QED) is 0.385. The van der Waals surface area contributed by atoms with Gasteiger partial charge < -0.3 is 15.2 Å². The fraction of sp³-hybridized carbons (Fsp3) is 0.429. The average Bonchev–Trinajstić information content (AvgIpc) is 2.52. The van der Waals surface area contributed by atoms with Crippen molar-refractivity contribution >= 4 is 31.3 Å². The first-order valence-electron chi connectivity index (χ1n) is 6.69. The van der Waals surface area contributed by atoms with Gasteiger partial charge in [-0.1, -0.05) is 22.8 Å². The molecule has 1 aromatic rings. The van der Waals surface area contributed by atoms with Gasteiger partial charge in [0, 0.05) is 17.9 Å². The van der Waals surface area contributed by atoms with Gasteiger partial charge in [0.25, 0.3) is 5.91 Å². The molecule has 2 N–H and O–H groups in total. The standard InChI is InChI=1S/C14H17ClNO5P/c15-7-8-21-10-22(20)9-6-12(14(18)19)16-13(17)11-4-2-1-3-5-11/h1-5,12H,6-10H2,(H-,16,17,18,19)/p+1. The van der Waals surface area contributed by atoms with Crippen molar-refractivity contribution in [1.29, 1.82) is 0 Å². The third-order valence-electron chi connectivity index (χ3n) is 2.76. The van der Waals surface area contributed by atoms with Gasteiger partial charge in [0.15, 0.2) is 6.16 Å². The number of amides is 1. The number of benzene rings is 1. The molecular formula is C14H18ClNO5P+. The molecule has 0 aliphatic carbocycles. The van der Waals surface area contributed by atoms with Crippen molar-refractivity contribution in [2.45, 2.75) is 12.5 Å². The molecule has 0 aromatic heterocycles. The molecule has 1 aromatic carbocycles. The number of ether oxygens (including phenoxy) is 1. The molecule has 2 atom stereocenters. The molecule has 6 nitrogen and oxygen atoms in total. The Morgan fingerprint density at radius 2 is 2.00 bits per heavy atom. The monoisotopic (exact) mass is 346 g/mol. The Morgan fingerprint density at radius 1 is 1.32 bits per heavy atom. The molecule has 22 heavy (non-hydrogen) atoms. The Balaban J connectivity index is 2.47. The summed E-state index contributed by atoms with van der Waals surface area (Å²) in [6.45, 7) is 0.301. The maximum Gasteiger partial charge on any atom is 0.367 e. The average molecular weight is 347 g/mol. The molecule has 1 amide bonds. The highest BCUT2D eigenvalue weighted by atomic mass is 35.5. The zero-order valence-electron chi connectivity index (χ0n) is 11.9. The lowest BCUT2D eigenvalue weighted by atomic mass is 10.1. The minimum Gasteiger partial charge on any atom is -0.480 e. The van der Waals surface area contributed by atoms with E-state index in [2.05, 4.69) is 5.32 Å². The van der Waals surface area contributed by atoms with Crippen LogP contribution in [0.4, 0.5) is 0 Å². The first-order valence-corrected chi connectivity index (χ1v) is 8.85. The molecule has 120 valence electrons. The van der Waals surface area contributed by atoms with E-state index in [1.165, 1.54) is 0 Å². The van der Waals surface area contributed by atoms with E-state index in [0.29, 0.717) is 18.1 Å². The van der Waals surface area contributed by atoms with Crippen LogP contribution >= 0.6 is 19.4 Å². The number of alkyl halides is 1. The summed E-state index contributed by atoms with van der Waals surface area (Å²) in [6, 6.07) is 7.24. The van der Waals surface area contributed by atoms with Crippen molar-refractivity contribution in [1.82, 2.24) is 5.32 Å². The fourth-order valence-corrected chi connectivity index (χ4v) is 2.76. The van der Waals surface area contributed by atoms with Gasteiger partial charge >= 0.3 is 13.8 Å². The molecule has 0 bridgehead atoms. The number of hydrogen-bond acceptors (Lipinski definition) is 4. The van der Waals surface area contributed by atoms with E-state index in [-0.39, 0.29) is 18.9 Å². The van der Waals surface area contributed by atoms with Crippen molar-refractivity contribution in [3.63, 3.8) is 0 Å². The predicted octanol–water partition coefficient (Wildman–Crippen LogP) is 2.30. The highest BCUT2D eigenvalue weighted by Gasteiger charge is 2.25. The first kappa shape index (κ1) is 18.6. The van der Waals surface area contributed by atoms with Crippen molar-refractivity contribution < 1.29 is 24.0 Å². The lowest BCUT2D eigenvalue weighted by molar-refractivity contribution is -0.139. The molecule has 0 heterocycles. The van der Waals surface area contributed by atoms with Crippen LogP contribution in [0.1, 0.15) is 16.8 Å². The van der Waals surface area contributed by atoms with Crippen LogP contribution in [0.3, 0.4) is 0 Å². The third-order valence-corrected chi connectivity index (χ3v) is 4.15. The number of carbonyl (C=O) groups excluding carboxylic acids is 1. The second-order valence-corrected chi connectivity index (χ2v) is 6.50. The zero-order valence-corrected chi connectivity index (χ0v) is 13.6. The Hall–Kier alpha value is -1.49. The summed E-state index contributed by atoms with van der Waals surface area (Å²) in [5.74, 6) is -1.32. The van der Waals surface area contributed by atoms with E-state index in [1.807, 2.05) is 0 Å². The number of nitrogens with one attached hydrogen (secondary N) is 1. The van der Waals surface area contributed by atoms with Crippen LogP contribution in [0.15, 0.2) is 30.3 Å². The fourth-order valence-electron chi connectivity index (χ4n) is 1.65. The second kappa shape index (κ2) is 10.3. The van der Waals surface area contributed by atoms with Crippen LogP contribution < -0.4 is 5.32 Å². The van der Waals surface area contributed by atoms with E-state index in [1.54, 1.807) is 30.3 Å². The van der Waals surface area contributed by atoms with Crippen LogP contribution in [-0.2, 0) is 14.1 Å². The van der Waals surface area contributed by atoms with Crippen LogP contribution in [0.5, 0.6) is 0 Å². The molecule has 0 radical (unpaired) electrons. The summed E-state index contributed by atoms with van der Waals surface area (Å²) in [4.78, 5) is 23.1. The molecule has 0 fully saturated rings. The van der Waals surface area contributed by atoms with Crippen molar-refractivity contribution in [2.75, 3.05) is 25.0 Å². The van der Waals surface area contributed by atoms with Gasteiger partial charge in [-0.25, -0.2) is 4.79 Å². The Labute approximate surface area is 134 Å². The number of hydrogen-bond donors (Lipinski definition) is 2. The first-order chi connectivity index (χ1) is 10.5. The van der Waals surface area contributed by atoms with Gasteiger partial charge in [-0.2, -0.15) is 0 Å². The maximum atomic E-state index is 11.9. The number of halogens is 1. The molecule has 0 saturated carbocycles. The van der Waals surface area contributed by atoms with Crippen LogP contribution in [0.25, 0.3) is 0 Å². The minimum atomic E-state index is -1.67. The number of carboxylic acids is 1. The van der Waals surface area contributed by atoms with Gasteiger partial charge in [0.05, 0.1) is 6.61 Å². The van der Waals surface area contributed by atoms with Gasteiger partial charge in [-0.05, 0) is 12.1 Å². The third kappa shape index (κ3) is 6.98. The lowest BCUT2D eigenvalue weighted by Crippen LogP contribution is -2.41. The van der Waals surface area contributed by atoms with Gasteiger partial charge in [0.2, 0.25) is 6.35 Å². The van der Waals surface area contributed by atoms with E-state index >= 15 is 0 Å². The second-order valence-electron chi connectivity index (χ2n) is 4.45. The zero-order chi connectivity index (χ0) is 16.4. The van der Waals surface area contributed by atoms with E-state index in [9.17, 15) is 14.2 Å². The Bertz CT molecular complexity index is 511. The van der Waals surface area contributed by atoms with Crippen molar-refractivity contribution in [2.24, 2.45) is 0 Å². The molecule has 0 aliphatic heterocycles. The van der Waals surface area contributed by atoms with E-state index < -0.39 is 25.7 Å². The molecule has 2 unspecified atom stereocenters. The highest BCUT2D eigenvalue weighted by molar-refractivity contribution is 7.44. The summed E-state index contributed by atoms with van der Waals surface area (Å²) in [5, 5.41) is 11.6. The number of rotatable bonds is 10. The lowest BCUT2D eigenvalue weighted by Gasteiger charge is -2.12. The molecule has 1 rings (SSSR count). The van der Waals surface area contributed by atoms with Crippen LogP contribution in [0, 0.1) is 0 Å². The SMILES string of the molecule is O=C(NC(CC[P+](=O)COCCCl)C(=O)O)c1ccccc1. The maximum absolute atomic E-state index is 11.9. The van der Waals surface area contributed by atoms with Gasteiger partial charge in [0.1, 0.15) is 6.04 Å². The molecule has 0 saturated heterocycles. The summed E-state index contributed by atoms with van der Waals surface area (Å²) in [6.07, 6.45) is 0.276. The number of aliphatic carboxylic acids is 1. The molecule has 0 aliphatic rings. The largest absolute Gasteiger partial charge is 0.480 e. The van der Waals surface area contributed by atoms with Gasteiger partial charge in [-0.15, -0.1) is 11.6 Å². The highest BCUT2D eigenvalue weighted by Crippen LogP contribution is 2.22. The van der Waals surface area contributed by atoms with Crippen molar-refractivity contribution in [3.8, 4) is 0 Å². The van der Waals surface area contributed by atoms with Gasteiger partial charge in [-0.3, -0.25) is 4.79 Å². The van der Waals surface area contributed by atoms with Crippen molar-refractivity contribution in [3.05, 3.63) is 35.9 Å². The smallest absolute Gasteiger partial charge is 0.367 e. The summed E-state index contributed by atoms with van der Waals surface area (Å²) >= 11 is 5.42. The molecule has 8 heteroatoms. The Morgan fingerprint density at radius 3 is 2.59 bits per heavy atom. The normalized spacial score (nSPS) is 12.5. The molecule has 0 spiro atoms. The summed E-state index contributed by atoms with van der Waals surface area (Å²) in [7, 11) is -1.67. The van der Waals surface area contributed by atoms with Crippen LogP contribution in [-0.4, -0.2) is 48.0 Å². The van der Waals surface area contributed by atoms with E-state index in [0.717, 1.165) is 0 Å². The molecular weight excluding hydrogens is 329 g/mol. The topological polar surface area (TPSA) is 92.7 Å². The number of carbonyl (C=O) groups is 2.